The van der Waals surface area contributed by atoms with Crippen LogP contribution in [0.25, 0.3) is 0 Å². The lowest BCUT2D eigenvalue weighted by atomic mass is 10.0. The first-order valence-corrected chi connectivity index (χ1v) is 8.30. The molecule has 1 N–H and O–H groups in total. The van der Waals surface area contributed by atoms with Gasteiger partial charge in [-0.2, -0.15) is 0 Å². The topological polar surface area (TPSA) is 50.8 Å². The molecule has 2 heterocycles. The largest absolute Gasteiger partial charge is 0.490 e. The maximum absolute atomic E-state index is 12.2. The molecule has 0 bridgehead atoms. The van der Waals surface area contributed by atoms with E-state index >= 15 is 0 Å². The molecule has 4 rings (SSSR count). The highest BCUT2D eigenvalue weighted by Gasteiger charge is 2.25. The molecule has 0 aromatic heterocycles. The van der Waals surface area contributed by atoms with Gasteiger partial charge in [-0.15, -0.1) is 0 Å². The van der Waals surface area contributed by atoms with Crippen LogP contribution in [-0.2, 0) is 17.8 Å². The van der Waals surface area contributed by atoms with E-state index in [-0.39, 0.29) is 5.97 Å². The molecular formula is C19H20N2O3. The molecule has 2 aromatic rings. The molecule has 0 spiro atoms. The van der Waals surface area contributed by atoms with Crippen LogP contribution < -0.4 is 15.0 Å². The van der Waals surface area contributed by atoms with Crippen molar-refractivity contribution in [1.29, 1.82) is 0 Å². The molecule has 0 fully saturated rings. The third-order valence-electron chi connectivity index (χ3n) is 4.48. The quantitative estimate of drug-likeness (QED) is 0.879. The Bertz CT molecular complexity index is 788. The maximum Gasteiger partial charge on any atom is 0.338 e. The first-order valence-electron chi connectivity index (χ1n) is 8.30. The lowest BCUT2D eigenvalue weighted by molar-refractivity contribution is 0.0525. The highest BCUT2D eigenvalue weighted by atomic mass is 16.5. The number of carbonyl (C=O) groups is 1. The van der Waals surface area contributed by atoms with E-state index in [1.54, 1.807) is 0 Å². The summed E-state index contributed by atoms with van der Waals surface area (Å²) in [6.07, 6.45) is 0. The second-order valence-electron chi connectivity index (χ2n) is 5.98. The Morgan fingerprint density at radius 1 is 1.29 bits per heavy atom. The molecule has 124 valence electrons. The molecule has 5 heteroatoms. The van der Waals surface area contributed by atoms with Crippen molar-refractivity contribution in [1.82, 2.24) is 0 Å². The minimum absolute atomic E-state index is 0.242. The summed E-state index contributed by atoms with van der Waals surface area (Å²) < 4.78 is 10.9. The van der Waals surface area contributed by atoms with Crippen LogP contribution in [0.4, 0.5) is 11.4 Å². The second-order valence-corrected chi connectivity index (χ2v) is 5.98. The van der Waals surface area contributed by atoms with E-state index < -0.39 is 0 Å². The van der Waals surface area contributed by atoms with Crippen molar-refractivity contribution in [3.63, 3.8) is 0 Å². The van der Waals surface area contributed by atoms with Crippen LogP contribution >= 0.6 is 0 Å². The van der Waals surface area contributed by atoms with Crippen LogP contribution in [0.5, 0.6) is 5.75 Å². The van der Waals surface area contributed by atoms with Gasteiger partial charge in [0.1, 0.15) is 12.4 Å². The number of fused-ring (bicyclic) bond motifs is 2. The number of anilines is 2. The Hall–Kier alpha value is -2.69. The van der Waals surface area contributed by atoms with Gasteiger partial charge in [0.15, 0.2) is 0 Å². The van der Waals surface area contributed by atoms with E-state index in [0.29, 0.717) is 25.3 Å². The number of rotatable bonds is 3. The van der Waals surface area contributed by atoms with E-state index in [0.717, 1.165) is 35.8 Å². The van der Waals surface area contributed by atoms with Gasteiger partial charge in [-0.3, -0.25) is 0 Å². The predicted octanol–water partition coefficient (Wildman–Crippen LogP) is 3.19. The molecular weight excluding hydrogens is 304 g/mol. The summed E-state index contributed by atoms with van der Waals surface area (Å²) in [7, 11) is 0. The first-order chi connectivity index (χ1) is 11.8. The maximum atomic E-state index is 12.2. The van der Waals surface area contributed by atoms with Crippen molar-refractivity contribution in [3.05, 3.63) is 53.1 Å². The van der Waals surface area contributed by atoms with E-state index in [4.69, 9.17) is 9.47 Å². The van der Waals surface area contributed by atoms with Crippen LogP contribution in [0.3, 0.4) is 0 Å². The molecule has 0 amide bonds. The molecule has 2 aliphatic heterocycles. The molecule has 2 aliphatic rings. The Labute approximate surface area is 141 Å². The van der Waals surface area contributed by atoms with Crippen molar-refractivity contribution >= 4 is 17.3 Å². The van der Waals surface area contributed by atoms with Gasteiger partial charge in [-0.1, -0.05) is 12.1 Å². The number of hydrogen-bond acceptors (Lipinski definition) is 5. The molecule has 0 radical (unpaired) electrons. The standard InChI is InChI=1S/C19H20N2O3/c1-2-23-19(22)15-5-3-4-13-11-21(12-16(13)15)14-6-7-17-18(10-14)24-9-8-20-17/h3-7,10,20H,2,8-9,11-12H2,1H3. The van der Waals surface area contributed by atoms with Gasteiger partial charge in [-0.25, -0.2) is 4.79 Å². The minimum Gasteiger partial charge on any atom is -0.490 e. The minimum atomic E-state index is -0.242. The Morgan fingerprint density at radius 2 is 2.21 bits per heavy atom. The van der Waals surface area contributed by atoms with Crippen LogP contribution in [0.15, 0.2) is 36.4 Å². The average molecular weight is 324 g/mol. The summed E-state index contributed by atoms with van der Waals surface area (Å²) in [5, 5.41) is 3.33. The fourth-order valence-electron chi connectivity index (χ4n) is 3.32. The average Bonchev–Trinajstić information content (AvgIpc) is 3.05. The molecule has 0 aliphatic carbocycles. The Morgan fingerprint density at radius 3 is 3.08 bits per heavy atom. The lowest BCUT2D eigenvalue weighted by Gasteiger charge is -2.23. The normalized spacial score (nSPS) is 15.1. The number of carbonyl (C=O) groups excluding carboxylic acids is 1. The summed E-state index contributed by atoms with van der Waals surface area (Å²) in [4.78, 5) is 14.4. The van der Waals surface area contributed by atoms with E-state index in [1.165, 1.54) is 5.56 Å². The fraction of sp³-hybridized carbons (Fsp3) is 0.316. The SMILES string of the molecule is CCOC(=O)c1cccc2c1CN(c1ccc3c(c1)OCCN3)C2. The van der Waals surface area contributed by atoms with Gasteiger partial charge < -0.3 is 19.7 Å². The highest BCUT2D eigenvalue weighted by molar-refractivity contribution is 5.92. The van der Waals surface area contributed by atoms with Crippen LogP contribution in [0.2, 0.25) is 0 Å². The molecule has 0 saturated heterocycles. The van der Waals surface area contributed by atoms with Crippen LogP contribution in [0.1, 0.15) is 28.4 Å². The van der Waals surface area contributed by atoms with Gasteiger partial charge in [0.25, 0.3) is 0 Å². The van der Waals surface area contributed by atoms with Gasteiger partial charge >= 0.3 is 5.97 Å². The van der Waals surface area contributed by atoms with E-state index in [2.05, 4.69) is 34.5 Å². The Balaban J connectivity index is 1.62. The first kappa shape index (κ1) is 14.9. The van der Waals surface area contributed by atoms with Gasteiger partial charge in [0, 0.05) is 31.4 Å². The summed E-state index contributed by atoms with van der Waals surface area (Å²) in [6, 6.07) is 12.1. The monoisotopic (exact) mass is 324 g/mol. The van der Waals surface area contributed by atoms with Crippen molar-refractivity contribution in [3.8, 4) is 5.75 Å². The fourth-order valence-corrected chi connectivity index (χ4v) is 3.32. The van der Waals surface area contributed by atoms with Crippen molar-refractivity contribution in [2.75, 3.05) is 30.0 Å². The third kappa shape index (κ3) is 2.56. The summed E-state index contributed by atoms with van der Waals surface area (Å²) in [5.41, 5.74) is 5.05. The van der Waals surface area contributed by atoms with Gasteiger partial charge in [0.05, 0.1) is 17.9 Å². The second kappa shape index (κ2) is 6.07. The van der Waals surface area contributed by atoms with Crippen LogP contribution in [0, 0.1) is 0 Å². The zero-order valence-corrected chi connectivity index (χ0v) is 13.7. The number of hydrogen-bond donors (Lipinski definition) is 1. The smallest absolute Gasteiger partial charge is 0.338 e. The highest BCUT2D eigenvalue weighted by Crippen LogP contribution is 2.36. The zero-order chi connectivity index (χ0) is 16.5. The zero-order valence-electron chi connectivity index (χ0n) is 13.7. The van der Waals surface area contributed by atoms with Gasteiger partial charge in [0.2, 0.25) is 0 Å². The predicted molar refractivity (Wildman–Crippen MR) is 92.7 cm³/mol. The molecule has 2 aromatic carbocycles. The molecule has 24 heavy (non-hydrogen) atoms. The lowest BCUT2D eigenvalue weighted by Crippen LogP contribution is -2.19. The summed E-state index contributed by atoms with van der Waals surface area (Å²) >= 11 is 0. The van der Waals surface area contributed by atoms with E-state index in [1.807, 2.05) is 19.1 Å². The number of nitrogens with one attached hydrogen (secondary N) is 1. The number of ether oxygens (including phenoxy) is 2. The number of nitrogens with zero attached hydrogens (tertiary/aromatic N) is 1. The third-order valence-corrected chi connectivity index (χ3v) is 4.48. The van der Waals surface area contributed by atoms with Crippen molar-refractivity contribution in [2.45, 2.75) is 20.0 Å². The van der Waals surface area contributed by atoms with Crippen LogP contribution in [-0.4, -0.2) is 25.7 Å². The summed E-state index contributed by atoms with van der Waals surface area (Å²) in [5.74, 6) is 0.648. The Kier molecular flexibility index (Phi) is 3.76. The van der Waals surface area contributed by atoms with Crippen molar-refractivity contribution < 1.29 is 14.3 Å². The molecule has 0 saturated carbocycles. The van der Waals surface area contributed by atoms with Gasteiger partial charge in [-0.05, 0) is 36.2 Å². The number of benzene rings is 2. The molecule has 0 atom stereocenters. The van der Waals surface area contributed by atoms with E-state index in [9.17, 15) is 4.79 Å². The molecule has 0 unspecified atom stereocenters. The van der Waals surface area contributed by atoms with Crippen molar-refractivity contribution in [2.24, 2.45) is 0 Å². The number of esters is 1. The molecule has 5 nitrogen and oxygen atoms in total. The summed E-state index contributed by atoms with van der Waals surface area (Å²) in [6.45, 7) is 5.23.